The topological polar surface area (TPSA) is 42.4 Å². The van der Waals surface area contributed by atoms with E-state index in [9.17, 15) is 4.79 Å². The van der Waals surface area contributed by atoms with Gasteiger partial charge >= 0.3 is 0 Å². The van der Waals surface area contributed by atoms with Crippen LogP contribution in [0, 0.1) is 11.8 Å². The molecule has 5 heteroatoms. The lowest BCUT2D eigenvalue weighted by molar-refractivity contribution is -0.125. The van der Waals surface area contributed by atoms with E-state index < -0.39 is 0 Å². The van der Waals surface area contributed by atoms with E-state index in [1.807, 2.05) is 36.4 Å². The normalized spacial score (nSPS) is 17.3. The number of pyridine rings is 1. The van der Waals surface area contributed by atoms with E-state index in [1.54, 1.807) is 11.1 Å². The molecule has 0 spiro atoms. The predicted molar refractivity (Wildman–Crippen MR) is 88.0 cm³/mol. The van der Waals surface area contributed by atoms with Crippen molar-refractivity contribution in [3.05, 3.63) is 64.4 Å². The molecular formula is C18H15ClN2O2. The van der Waals surface area contributed by atoms with Crippen LogP contribution in [0.4, 0.5) is 0 Å². The fraction of sp³-hybridized carbons (Fsp3) is 0.222. The third-order valence-electron chi connectivity index (χ3n) is 3.54. The van der Waals surface area contributed by atoms with Gasteiger partial charge in [0.2, 0.25) is 6.41 Å². The minimum absolute atomic E-state index is 0.177. The SMILES string of the molecule is O=CN1CCOC(c2ccc(C#Cc3cccc(Cl)c3)cn2)C1. The number of amides is 1. The van der Waals surface area contributed by atoms with E-state index in [2.05, 4.69) is 16.8 Å². The molecule has 0 N–H and O–H groups in total. The summed E-state index contributed by atoms with van der Waals surface area (Å²) in [5, 5.41) is 0.666. The highest BCUT2D eigenvalue weighted by molar-refractivity contribution is 6.30. The molecular weight excluding hydrogens is 312 g/mol. The maximum atomic E-state index is 10.9. The summed E-state index contributed by atoms with van der Waals surface area (Å²) in [5.74, 6) is 6.12. The lowest BCUT2D eigenvalue weighted by Crippen LogP contribution is -2.37. The van der Waals surface area contributed by atoms with E-state index in [1.165, 1.54) is 0 Å². The average molecular weight is 327 g/mol. The number of hydrogen-bond donors (Lipinski definition) is 0. The average Bonchev–Trinajstić information content (AvgIpc) is 2.60. The minimum atomic E-state index is -0.177. The number of rotatable bonds is 2. The van der Waals surface area contributed by atoms with Crippen LogP contribution in [0.1, 0.15) is 22.9 Å². The number of morpholine rings is 1. The van der Waals surface area contributed by atoms with Crippen molar-refractivity contribution < 1.29 is 9.53 Å². The molecule has 1 aromatic heterocycles. The molecule has 0 saturated carbocycles. The highest BCUT2D eigenvalue weighted by Gasteiger charge is 2.21. The third-order valence-corrected chi connectivity index (χ3v) is 3.77. The van der Waals surface area contributed by atoms with E-state index in [0.29, 0.717) is 24.7 Å². The van der Waals surface area contributed by atoms with Crippen LogP contribution in [0.2, 0.25) is 5.02 Å². The predicted octanol–water partition coefficient (Wildman–Crippen LogP) is 2.66. The summed E-state index contributed by atoms with van der Waals surface area (Å²) in [5.41, 5.74) is 2.49. The second-order valence-electron chi connectivity index (χ2n) is 5.19. The molecule has 0 aliphatic carbocycles. The number of nitrogens with zero attached hydrogens (tertiary/aromatic N) is 2. The van der Waals surface area contributed by atoms with Gasteiger partial charge in [-0.2, -0.15) is 0 Å². The van der Waals surface area contributed by atoms with Crippen LogP contribution in [0.3, 0.4) is 0 Å². The zero-order valence-corrected chi connectivity index (χ0v) is 13.2. The summed E-state index contributed by atoms with van der Waals surface area (Å²) < 4.78 is 5.66. The van der Waals surface area contributed by atoms with Gasteiger partial charge in [0, 0.05) is 28.9 Å². The Kier molecular flexibility index (Phi) is 4.92. The van der Waals surface area contributed by atoms with Crippen LogP contribution in [0.25, 0.3) is 0 Å². The molecule has 1 aliphatic heterocycles. The summed E-state index contributed by atoms with van der Waals surface area (Å²) in [6.07, 6.45) is 2.39. The van der Waals surface area contributed by atoms with Crippen molar-refractivity contribution >= 4 is 18.0 Å². The van der Waals surface area contributed by atoms with Crippen molar-refractivity contribution in [1.82, 2.24) is 9.88 Å². The summed E-state index contributed by atoms with van der Waals surface area (Å²) in [6.45, 7) is 1.69. The van der Waals surface area contributed by atoms with Gasteiger partial charge in [-0.25, -0.2) is 0 Å². The molecule has 2 heterocycles. The lowest BCUT2D eigenvalue weighted by Gasteiger charge is -2.29. The van der Waals surface area contributed by atoms with Gasteiger partial charge in [0.05, 0.1) is 18.8 Å². The lowest BCUT2D eigenvalue weighted by atomic mass is 10.1. The van der Waals surface area contributed by atoms with Crippen molar-refractivity contribution in [3.63, 3.8) is 0 Å². The van der Waals surface area contributed by atoms with E-state index in [0.717, 1.165) is 23.2 Å². The zero-order valence-electron chi connectivity index (χ0n) is 12.4. The highest BCUT2D eigenvalue weighted by Crippen LogP contribution is 2.19. The second-order valence-corrected chi connectivity index (χ2v) is 5.63. The van der Waals surface area contributed by atoms with Gasteiger partial charge < -0.3 is 9.64 Å². The molecule has 1 amide bonds. The smallest absolute Gasteiger partial charge is 0.209 e. The number of aromatic nitrogens is 1. The molecule has 4 nitrogen and oxygen atoms in total. The molecule has 116 valence electrons. The second kappa shape index (κ2) is 7.28. The maximum absolute atomic E-state index is 10.9. The number of carbonyl (C=O) groups excluding carboxylic acids is 1. The molecule has 23 heavy (non-hydrogen) atoms. The van der Waals surface area contributed by atoms with Gasteiger partial charge in [0.1, 0.15) is 6.10 Å². The first-order chi connectivity index (χ1) is 11.2. The van der Waals surface area contributed by atoms with Crippen LogP contribution >= 0.6 is 11.6 Å². The Bertz CT molecular complexity index is 750. The first-order valence-electron chi connectivity index (χ1n) is 7.29. The van der Waals surface area contributed by atoms with Crippen LogP contribution in [0.5, 0.6) is 0 Å². The number of halogens is 1. The molecule has 1 atom stereocenters. The number of carbonyl (C=O) groups is 1. The molecule has 1 unspecified atom stereocenters. The van der Waals surface area contributed by atoms with Crippen LogP contribution < -0.4 is 0 Å². The fourth-order valence-corrected chi connectivity index (χ4v) is 2.51. The van der Waals surface area contributed by atoms with Crippen LogP contribution in [-0.2, 0) is 9.53 Å². The maximum Gasteiger partial charge on any atom is 0.209 e. The Hall–Kier alpha value is -2.35. The van der Waals surface area contributed by atoms with Gasteiger partial charge in [-0.05, 0) is 30.3 Å². The fourth-order valence-electron chi connectivity index (χ4n) is 2.32. The zero-order chi connectivity index (χ0) is 16.1. The van der Waals surface area contributed by atoms with Crippen LogP contribution in [0.15, 0.2) is 42.6 Å². The monoisotopic (exact) mass is 326 g/mol. The Balaban J connectivity index is 1.71. The van der Waals surface area contributed by atoms with Gasteiger partial charge in [-0.15, -0.1) is 0 Å². The van der Waals surface area contributed by atoms with Crippen molar-refractivity contribution in [1.29, 1.82) is 0 Å². The summed E-state index contributed by atoms with van der Waals surface area (Å²) in [4.78, 5) is 17.0. The first-order valence-corrected chi connectivity index (χ1v) is 7.67. The van der Waals surface area contributed by atoms with Gasteiger partial charge in [-0.3, -0.25) is 9.78 Å². The molecule has 2 aromatic rings. The van der Waals surface area contributed by atoms with Gasteiger partial charge in [0.25, 0.3) is 0 Å². The Labute approximate surface area is 140 Å². The van der Waals surface area contributed by atoms with E-state index >= 15 is 0 Å². The van der Waals surface area contributed by atoms with Crippen molar-refractivity contribution in [3.8, 4) is 11.8 Å². The molecule has 0 radical (unpaired) electrons. The van der Waals surface area contributed by atoms with Crippen molar-refractivity contribution in [2.24, 2.45) is 0 Å². The standard InChI is InChI=1S/C18H15ClN2O2/c19-16-3-1-2-14(10-16)4-5-15-6-7-17(20-11-15)18-12-21(13-22)8-9-23-18/h1-3,6-7,10-11,13,18H,8-9,12H2. The molecule has 1 fully saturated rings. The van der Waals surface area contributed by atoms with Gasteiger partial charge in [0.15, 0.2) is 0 Å². The van der Waals surface area contributed by atoms with Crippen molar-refractivity contribution in [2.75, 3.05) is 19.7 Å². The molecule has 1 saturated heterocycles. The molecule has 3 rings (SSSR count). The molecule has 0 bridgehead atoms. The Morgan fingerprint density at radius 3 is 2.87 bits per heavy atom. The quantitative estimate of drug-likeness (QED) is 0.629. The third kappa shape index (κ3) is 4.10. The summed E-state index contributed by atoms with van der Waals surface area (Å²) >= 11 is 5.93. The summed E-state index contributed by atoms with van der Waals surface area (Å²) in [7, 11) is 0. The number of benzene rings is 1. The molecule has 1 aliphatic rings. The largest absolute Gasteiger partial charge is 0.368 e. The first kappa shape index (κ1) is 15.5. The highest BCUT2D eigenvalue weighted by atomic mass is 35.5. The Morgan fingerprint density at radius 1 is 1.26 bits per heavy atom. The minimum Gasteiger partial charge on any atom is -0.368 e. The summed E-state index contributed by atoms with van der Waals surface area (Å²) in [6, 6.07) is 11.2. The molecule has 1 aromatic carbocycles. The van der Waals surface area contributed by atoms with E-state index in [4.69, 9.17) is 16.3 Å². The van der Waals surface area contributed by atoms with E-state index in [-0.39, 0.29) is 6.10 Å². The van der Waals surface area contributed by atoms with Gasteiger partial charge in [-0.1, -0.05) is 29.5 Å². The Morgan fingerprint density at radius 2 is 2.13 bits per heavy atom. The number of hydrogen-bond acceptors (Lipinski definition) is 3. The van der Waals surface area contributed by atoms with Crippen molar-refractivity contribution in [2.45, 2.75) is 6.10 Å². The number of ether oxygens (including phenoxy) is 1. The van der Waals surface area contributed by atoms with Crippen LogP contribution in [-0.4, -0.2) is 36.0 Å².